The molecule has 27 heavy (non-hydrogen) atoms. The molecule has 4 rings (SSSR count). The molecule has 0 saturated carbocycles. The molecule has 6 heteroatoms. The average Bonchev–Trinajstić information content (AvgIpc) is 3.28. The molecule has 0 aliphatic carbocycles. The number of nitrogens with zero attached hydrogens (tertiary/aromatic N) is 1. The lowest BCUT2D eigenvalue weighted by molar-refractivity contribution is -0.133. The van der Waals surface area contributed by atoms with Crippen LogP contribution in [0.3, 0.4) is 0 Å². The van der Waals surface area contributed by atoms with Crippen LogP contribution >= 0.6 is 0 Å². The lowest BCUT2D eigenvalue weighted by Crippen LogP contribution is -2.41. The van der Waals surface area contributed by atoms with Gasteiger partial charge in [-0.1, -0.05) is 42.5 Å². The number of amides is 1. The van der Waals surface area contributed by atoms with Gasteiger partial charge in [0.05, 0.1) is 30.7 Å². The summed E-state index contributed by atoms with van der Waals surface area (Å²) in [6.45, 7) is 0.291. The van der Waals surface area contributed by atoms with E-state index in [4.69, 9.17) is 4.42 Å². The highest BCUT2D eigenvalue weighted by Crippen LogP contribution is 2.22. The Morgan fingerprint density at radius 3 is 2.59 bits per heavy atom. The summed E-state index contributed by atoms with van der Waals surface area (Å²) < 4.78 is 29.2. The molecular weight excluding hydrogens is 362 g/mol. The van der Waals surface area contributed by atoms with E-state index in [9.17, 15) is 13.2 Å². The van der Waals surface area contributed by atoms with Crippen LogP contribution in [0.25, 0.3) is 10.8 Å². The summed E-state index contributed by atoms with van der Waals surface area (Å²) in [6, 6.07) is 17.3. The number of benzene rings is 2. The van der Waals surface area contributed by atoms with Gasteiger partial charge < -0.3 is 9.32 Å². The van der Waals surface area contributed by atoms with Crippen LogP contribution < -0.4 is 0 Å². The number of sulfone groups is 1. The molecule has 2 heterocycles. The zero-order chi connectivity index (χ0) is 18.9. The number of carbonyl (C=O) groups excluding carboxylic acids is 1. The number of hydrogen-bond acceptors (Lipinski definition) is 4. The van der Waals surface area contributed by atoms with Crippen LogP contribution in [0.2, 0.25) is 0 Å². The van der Waals surface area contributed by atoms with Crippen molar-refractivity contribution in [3.63, 3.8) is 0 Å². The molecular formula is C21H21NO4S. The van der Waals surface area contributed by atoms with E-state index in [1.165, 1.54) is 0 Å². The number of carbonyl (C=O) groups is 1. The van der Waals surface area contributed by atoms with Gasteiger partial charge >= 0.3 is 0 Å². The van der Waals surface area contributed by atoms with Crippen molar-refractivity contribution in [2.24, 2.45) is 0 Å². The summed E-state index contributed by atoms with van der Waals surface area (Å²) in [5.41, 5.74) is 0.920. The van der Waals surface area contributed by atoms with E-state index in [2.05, 4.69) is 0 Å². The third-order valence-electron chi connectivity index (χ3n) is 5.05. The number of fused-ring (bicyclic) bond motifs is 1. The van der Waals surface area contributed by atoms with E-state index in [0.29, 0.717) is 18.7 Å². The van der Waals surface area contributed by atoms with Gasteiger partial charge in [0, 0.05) is 6.04 Å². The Hall–Kier alpha value is -2.60. The minimum Gasteiger partial charge on any atom is -0.467 e. The predicted molar refractivity (Wildman–Crippen MR) is 104 cm³/mol. The monoisotopic (exact) mass is 383 g/mol. The quantitative estimate of drug-likeness (QED) is 0.679. The maximum Gasteiger partial charge on any atom is 0.227 e. The highest BCUT2D eigenvalue weighted by molar-refractivity contribution is 7.91. The van der Waals surface area contributed by atoms with Crippen molar-refractivity contribution in [3.05, 3.63) is 72.2 Å². The average molecular weight is 383 g/mol. The van der Waals surface area contributed by atoms with E-state index in [-0.39, 0.29) is 29.9 Å². The van der Waals surface area contributed by atoms with Gasteiger partial charge in [0.2, 0.25) is 5.91 Å². The Labute approximate surface area is 158 Å². The first-order chi connectivity index (χ1) is 13.0. The van der Waals surface area contributed by atoms with Gasteiger partial charge in [-0.05, 0) is 34.9 Å². The predicted octanol–water partition coefficient (Wildman–Crippen LogP) is 3.19. The molecule has 0 N–H and O–H groups in total. The molecule has 140 valence electrons. The first-order valence-electron chi connectivity index (χ1n) is 9.00. The standard InChI is InChI=1S/C21H21NO4S/c23-21(13-16-7-8-17-4-1-2-5-18(17)12-16)22(14-20-6-3-10-26-20)19-9-11-27(24,25)15-19/h1-8,10,12,19H,9,11,13-15H2/t19-/m1/s1. The number of rotatable bonds is 5. The summed E-state index contributed by atoms with van der Waals surface area (Å²) in [7, 11) is -3.08. The van der Waals surface area contributed by atoms with Crippen LogP contribution in [0.1, 0.15) is 17.7 Å². The van der Waals surface area contributed by atoms with E-state index in [1.807, 2.05) is 42.5 Å². The fourth-order valence-corrected chi connectivity index (χ4v) is 5.37. The van der Waals surface area contributed by atoms with Crippen molar-refractivity contribution in [1.29, 1.82) is 0 Å². The molecule has 1 fully saturated rings. The van der Waals surface area contributed by atoms with Gasteiger partial charge in [0.25, 0.3) is 0 Å². The zero-order valence-electron chi connectivity index (χ0n) is 14.9. The Bertz CT molecular complexity index is 1060. The topological polar surface area (TPSA) is 67.6 Å². The smallest absolute Gasteiger partial charge is 0.227 e. The number of hydrogen-bond donors (Lipinski definition) is 0. The van der Waals surface area contributed by atoms with E-state index in [1.54, 1.807) is 23.3 Å². The molecule has 1 aromatic heterocycles. The Kier molecular flexibility index (Phi) is 4.74. The zero-order valence-corrected chi connectivity index (χ0v) is 15.7. The summed E-state index contributed by atoms with van der Waals surface area (Å²) in [4.78, 5) is 14.7. The van der Waals surface area contributed by atoms with Crippen LogP contribution in [-0.2, 0) is 27.6 Å². The highest BCUT2D eigenvalue weighted by atomic mass is 32.2. The maximum absolute atomic E-state index is 13.1. The third-order valence-corrected chi connectivity index (χ3v) is 6.80. The van der Waals surface area contributed by atoms with Crippen molar-refractivity contribution < 1.29 is 17.6 Å². The summed E-state index contributed by atoms with van der Waals surface area (Å²) in [5, 5.41) is 2.21. The second-order valence-corrected chi connectivity index (χ2v) is 9.24. The molecule has 0 unspecified atom stereocenters. The van der Waals surface area contributed by atoms with E-state index in [0.717, 1.165) is 16.3 Å². The molecule has 3 aromatic rings. The fraction of sp³-hybridized carbons (Fsp3) is 0.286. The molecule has 1 atom stereocenters. The Morgan fingerprint density at radius 2 is 1.89 bits per heavy atom. The third kappa shape index (κ3) is 4.06. The van der Waals surface area contributed by atoms with E-state index < -0.39 is 9.84 Å². The minimum absolute atomic E-state index is 0.0250. The largest absolute Gasteiger partial charge is 0.467 e. The normalized spacial score (nSPS) is 18.6. The van der Waals surface area contributed by atoms with Crippen molar-refractivity contribution in [3.8, 4) is 0 Å². The summed E-state index contributed by atoms with van der Waals surface area (Å²) in [5.74, 6) is 0.738. The van der Waals surface area contributed by atoms with Crippen LogP contribution in [0.4, 0.5) is 0 Å². The first-order valence-corrected chi connectivity index (χ1v) is 10.8. The SMILES string of the molecule is O=C(Cc1ccc2ccccc2c1)N(Cc1ccco1)[C@@H]1CCS(=O)(=O)C1. The van der Waals surface area contributed by atoms with Crippen LogP contribution in [0.5, 0.6) is 0 Å². The Morgan fingerprint density at radius 1 is 1.07 bits per heavy atom. The molecule has 5 nitrogen and oxygen atoms in total. The molecule has 2 aromatic carbocycles. The van der Waals surface area contributed by atoms with Gasteiger partial charge in [-0.15, -0.1) is 0 Å². The van der Waals surface area contributed by atoms with Crippen LogP contribution in [0.15, 0.2) is 65.3 Å². The minimum atomic E-state index is -3.08. The van der Waals surface area contributed by atoms with Gasteiger partial charge in [-0.2, -0.15) is 0 Å². The van der Waals surface area contributed by atoms with Gasteiger partial charge in [-0.25, -0.2) is 8.42 Å². The summed E-state index contributed by atoms with van der Waals surface area (Å²) >= 11 is 0. The molecule has 0 radical (unpaired) electrons. The highest BCUT2D eigenvalue weighted by Gasteiger charge is 2.35. The number of furan rings is 1. The lowest BCUT2D eigenvalue weighted by atomic mass is 10.0. The van der Waals surface area contributed by atoms with Crippen LogP contribution in [-0.4, -0.2) is 36.8 Å². The van der Waals surface area contributed by atoms with E-state index >= 15 is 0 Å². The molecule has 0 spiro atoms. The maximum atomic E-state index is 13.1. The lowest BCUT2D eigenvalue weighted by Gasteiger charge is -2.27. The molecule has 1 saturated heterocycles. The molecule has 1 aliphatic rings. The summed E-state index contributed by atoms with van der Waals surface area (Å²) in [6.07, 6.45) is 2.28. The second kappa shape index (κ2) is 7.19. The van der Waals surface area contributed by atoms with Gasteiger partial charge in [0.1, 0.15) is 5.76 Å². The van der Waals surface area contributed by atoms with Crippen molar-refractivity contribution in [1.82, 2.24) is 4.90 Å². The van der Waals surface area contributed by atoms with Crippen molar-refractivity contribution in [2.45, 2.75) is 25.4 Å². The molecule has 1 aliphatic heterocycles. The molecule has 1 amide bonds. The fourth-order valence-electron chi connectivity index (χ4n) is 3.64. The Balaban J connectivity index is 1.57. The first kappa shape index (κ1) is 17.8. The molecule has 0 bridgehead atoms. The second-order valence-electron chi connectivity index (χ2n) is 7.02. The van der Waals surface area contributed by atoms with Gasteiger partial charge in [-0.3, -0.25) is 4.79 Å². The van der Waals surface area contributed by atoms with Gasteiger partial charge in [0.15, 0.2) is 9.84 Å². The van der Waals surface area contributed by atoms with Crippen molar-refractivity contribution in [2.75, 3.05) is 11.5 Å². The van der Waals surface area contributed by atoms with Crippen LogP contribution in [0, 0.1) is 0 Å². The van der Waals surface area contributed by atoms with Crippen molar-refractivity contribution >= 4 is 26.5 Å².